The molecule has 0 fully saturated rings. The highest BCUT2D eigenvalue weighted by Crippen LogP contribution is 2.18. The molecule has 10 heavy (non-hydrogen) atoms. The average molecular weight is 263 g/mol. The molecule has 0 amide bonds. The van der Waals surface area contributed by atoms with Gasteiger partial charge in [0.25, 0.3) is 0 Å². The van der Waals surface area contributed by atoms with Crippen molar-refractivity contribution in [1.82, 2.24) is 4.98 Å². The summed E-state index contributed by atoms with van der Waals surface area (Å²) in [4.78, 5) is 3.89. The molecule has 0 aliphatic rings. The molecule has 3 heteroatoms. The number of pyridine rings is 1. The van der Waals surface area contributed by atoms with Crippen molar-refractivity contribution in [2.24, 2.45) is 0 Å². The highest BCUT2D eigenvalue weighted by atomic mass is 127. The van der Waals surface area contributed by atoms with Crippen LogP contribution in [0.1, 0.15) is 11.3 Å². The Hall–Kier alpha value is 0.170. The van der Waals surface area contributed by atoms with Crippen LogP contribution in [0.4, 0.5) is 0 Å². The van der Waals surface area contributed by atoms with E-state index in [1.165, 1.54) is 0 Å². The average Bonchev–Trinajstić information content (AvgIpc) is 1.82. The van der Waals surface area contributed by atoms with Crippen molar-refractivity contribution < 1.29 is 0 Å². The molecule has 4 radical (unpaired) electrons. The van der Waals surface area contributed by atoms with E-state index < -0.39 is 0 Å². The van der Waals surface area contributed by atoms with E-state index in [-0.39, 0.29) is 5.69 Å². The highest BCUT2D eigenvalue weighted by molar-refractivity contribution is 14.1. The lowest BCUT2D eigenvalue weighted by molar-refractivity contribution is 1.20. The maximum Gasteiger partial charge on any atom is 0.103 e. The summed E-state index contributed by atoms with van der Waals surface area (Å²) in [6.07, 6.45) is 0. The van der Waals surface area contributed by atoms with Crippen molar-refractivity contribution in [1.29, 1.82) is 0 Å². The Morgan fingerprint density at radius 1 is 1.50 bits per heavy atom. The molecule has 0 N–H and O–H groups in total. The van der Waals surface area contributed by atoms with Gasteiger partial charge in [-0.15, -0.1) is 0 Å². The molecular weight excluding hydrogens is 260 g/mol. The zero-order valence-electron chi connectivity index (χ0n) is 4.94. The summed E-state index contributed by atoms with van der Waals surface area (Å²) in [5.41, 5.74) is 0.638. The molecule has 0 saturated heterocycles. The first-order chi connectivity index (χ1) is 4.61. The molecule has 1 aromatic heterocycles. The predicted octanol–water partition coefficient (Wildman–Crippen LogP) is 2.46. The summed E-state index contributed by atoms with van der Waals surface area (Å²) in [5, 5.41) is 0.455. The Morgan fingerprint density at radius 2 is 2.10 bits per heavy atom. The first kappa shape index (κ1) is 8.27. The maximum absolute atomic E-state index is 5.67. The zero-order chi connectivity index (χ0) is 7.72. The topological polar surface area (TPSA) is 12.9 Å². The van der Waals surface area contributed by atoms with Crippen LogP contribution < -0.4 is 0 Å². The fraction of sp³-hybridized carbons (Fsp3) is 0. The Labute approximate surface area is 78.9 Å². The van der Waals surface area contributed by atoms with Crippen molar-refractivity contribution in [2.45, 2.75) is 0 Å². The van der Waals surface area contributed by atoms with Crippen molar-refractivity contribution >= 4 is 34.2 Å². The number of rotatable bonds is 0. The standard InChI is InChI=1S/C7H3ClIN/c1-4-5(2)10-7(9)3-6(4)8/h1-3H. The first-order valence-corrected chi connectivity index (χ1v) is 3.94. The maximum atomic E-state index is 5.67. The van der Waals surface area contributed by atoms with Crippen LogP contribution in [0.25, 0.3) is 0 Å². The first-order valence-electron chi connectivity index (χ1n) is 2.48. The van der Waals surface area contributed by atoms with E-state index >= 15 is 0 Å². The number of aromatic nitrogens is 1. The van der Waals surface area contributed by atoms with Crippen molar-refractivity contribution in [3.8, 4) is 0 Å². The van der Waals surface area contributed by atoms with Crippen LogP contribution >= 0.6 is 34.2 Å². The molecule has 0 aliphatic heterocycles. The fourth-order valence-electron chi connectivity index (χ4n) is 0.512. The summed E-state index contributed by atoms with van der Waals surface area (Å²) < 4.78 is 0.745. The van der Waals surface area contributed by atoms with Crippen LogP contribution in [-0.4, -0.2) is 4.98 Å². The lowest BCUT2D eigenvalue weighted by Crippen LogP contribution is -1.89. The summed E-state index contributed by atoms with van der Waals surface area (Å²) in [6, 6.07) is 1.66. The molecule has 1 nitrogen and oxygen atoms in total. The summed E-state index contributed by atoms with van der Waals surface area (Å²) in [7, 11) is 0. The Balaban J connectivity index is 3.31. The van der Waals surface area contributed by atoms with E-state index in [1.807, 2.05) is 22.6 Å². The fourth-order valence-corrected chi connectivity index (χ4v) is 1.47. The second-order valence-electron chi connectivity index (χ2n) is 1.73. The summed E-state index contributed by atoms with van der Waals surface area (Å²) in [5.74, 6) is 0. The van der Waals surface area contributed by atoms with E-state index in [9.17, 15) is 0 Å². The van der Waals surface area contributed by atoms with Gasteiger partial charge in [-0.25, -0.2) is 4.98 Å². The largest absolute Gasteiger partial charge is 0.246 e. The Kier molecular flexibility index (Phi) is 2.52. The molecule has 50 valence electrons. The van der Waals surface area contributed by atoms with E-state index in [2.05, 4.69) is 4.98 Å². The van der Waals surface area contributed by atoms with Gasteiger partial charge >= 0.3 is 0 Å². The van der Waals surface area contributed by atoms with Gasteiger partial charge in [-0.05, 0) is 34.2 Å². The molecule has 0 saturated carbocycles. The van der Waals surface area contributed by atoms with E-state index in [4.69, 9.17) is 25.4 Å². The lowest BCUT2D eigenvalue weighted by atomic mass is 10.2. The van der Waals surface area contributed by atoms with Gasteiger partial charge in [-0.2, -0.15) is 0 Å². The number of halogens is 2. The molecule has 0 spiro atoms. The third-order valence-corrected chi connectivity index (χ3v) is 1.87. The molecule has 0 bridgehead atoms. The van der Waals surface area contributed by atoms with Gasteiger partial charge in [0.2, 0.25) is 0 Å². The summed E-state index contributed by atoms with van der Waals surface area (Å²) >= 11 is 7.69. The van der Waals surface area contributed by atoms with Crippen LogP contribution in [0.5, 0.6) is 0 Å². The van der Waals surface area contributed by atoms with E-state index in [1.54, 1.807) is 6.07 Å². The van der Waals surface area contributed by atoms with Crippen molar-refractivity contribution in [2.75, 3.05) is 0 Å². The van der Waals surface area contributed by atoms with Crippen LogP contribution in [0.2, 0.25) is 5.02 Å². The van der Waals surface area contributed by atoms with Gasteiger partial charge in [0.1, 0.15) is 3.70 Å². The van der Waals surface area contributed by atoms with Gasteiger partial charge in [-0.1, -0.05) is 11.6 Å². The zero-order valence-corrected chi connectivity index (χ0v) is 7.85. The molecule has 1 rings (SSSR count). The summed E-state index contributed by atoms with van der Waals surface area (Å²) in [6.45, 7) is 10.8. The highest BCUT2D eigenvalue weighted by Gasteiger charge is 2.01. The lowest BCUT2D eigenvalue weighted by Gasteiger charge is -2.00. The number of nitrogens with zero attached hydrogens (tertiary/aromatic N) is 1. The molecule has 0 aromatic carbocycles. The Morgan fingerprint density at radius 3 is 2.60 bits per heavy atom. The minimum absolute atomic E-state index is 0.289. The van der Waals surface area contributed by atoms with E-state index in [0.29, 0.717) is 10.6 Å². The second-order valence-corrected chi connectivity index (χ2v) is 3.24. The van der Waals surface area contributed by atoms with Gasteiger partial charge in [0.15, 0.2) is 0 Å². The van der Waals surface area contributed by atoms with Gasteiger partial charge in [0.05, 0.1) is 5.69 Å². The van der Waals surface area contributed by atoms with Gasteiger partial charge in [-0.3, -0.25) is 0 Å². The Bertz CT molecular complexity index is 237. The van der Waals surface area contributed by atoms with Crippen LogP contribution in [-0.2, 0) is 0 Å². The van der Waals surface area contributed by atoms with Gasteiger partial charge < -0.3 is 0 Å². The smallest absolute Gasteiger partial charge is 0.103 e. The molecule has 0 atom stereocenters. The quantitative estimate of drug-likeness (QED) is 0.517. The second kappa shape index (κ2) is 3.05. The molecule has 0 aliphatic carbocycles. The minimum atomic E-state index is 0.289. The predicted molar refractivity (Wildman–Crippen MR) is 48.8 cm³/mol. The minimum Gasteiger partial charge on any atom is -0.246 e. The van der Waals surface area contributed by atoms with E-state index in [0.717, 1.165) is 3.70 Å². The molecule has 1 aromatic rings. The number of hydrogen-bond donors (Lipinski definition) is 0. The van der Waals surface area contributed by atoms with Crippen LogP contribution in [0, 0.1) is 17.5 Å². The van der Waals surface area contributed by atoms with Crippen LogP contribution in [0.15, 0.2) is 6.07 Å². The molecular formula is C7H3ClIN. The third kappa shape index (κ3) is 1.61. The molecule has 0 unspecified atom stereocenters. The van der Waals surface area contributed by atoms with Crippen LogP contribution in [0.3, 0.4) is 0 Å². The van der Waals surface area contributed by atoms with Crippen molar-refractivity contribution in [3.63, 3.8) is 0 Å². The molecule has 1 heterocycles. The van der Waals surface area contributed by atoms with Gasteiger partial charge in [0, 0.05) is 18.9 Å². The van der Waals surface area contributed by atoms with Crippen molar-refractivity contribution in [3.05, 3.63) is 39.9 Å². The SMILES string of the molecule is [CH]c1nc(I)cc(Cl)c1[CH]. The normalized spacial score (nSPS) is 10.0. The number of hydrogen-bond acceptors (Lipinski definition) is 1. The monoisotopic (exact) mass is 263 g/mol. The third-order valence-electron chi connectivity index (χ3n) is 1.01.